The monoisotopic (exact) mass is 404 g/mol. The molecule has 0 spiro atoms. The van der Waals surface area contributed by atoms with Gasteiger partial charge >= 0.3 is 0 Å². The first-order valence-corrected chi connectivity index (χ1v) is 9.31. The summed E-state index contributed by atoms with van der Waals surface area (Å²) >= 11 is 5.75. The summed E-state index contributed by atoms with van der Waals surface area (Å²) in [4.78, 5) is 26.5. The lowest BCUT2D eigenvalue weighted by Gasteiger charge is -2.22. The zero-order valence-corrected chi connectivity index (χ0v) is 15.7. The highest BCUT2D eigenvalue weighted by Gasteiger charge is 2.35. The van der Waals surface area contributed by atoms with Gasteiger partial charge in [0.2, 0.25) is 11.8 Å². The summed E-state index contributed by atoms with van der Waals surface area (Å²) in [5, 5.41) is 2.79. The first kappa shape index (κ1) is 18.6. The minimum Gasteiger partial charge on any atom is -0.486 e. The van der Waals surface area contributed by atoms with Crippen LogP contribution in [0.2, 0.25) is 5.02 Å². The molecule has 1 unspecified atom stereocenters. The lowest BCUT2D eigenvalue weighted by molar-refractivity contribution is -0.126. The smallest absolute Gasteiger partial charge is 0.227 e. The number of hydrogen-bond donors (Lipinski definition) is 1. The Morgan fingerprint density at radius 2 is 1.96 bits per heavy atom. The normalized spacial score (nSPS) is 18.3. The van der Waals surface area contributed by atoms with E-state index in [0.29, 0.717) is 36.0 Å². The predicted molar refractivity (Wildman–Crippen MR) is 101 cm³/mol. The van der Waals surface area contributed by atoms with Crippen molar-refractivity contribution in [3.63, 3.8) is 0 Å². The fourth-order valence-corrected chi connectivity index (χ4v) is 3.52. The van der Waals surface area contributed by atoms with Crippen LogP contribution in [0, 0.1) is 11.7 Å². The molecule has 4 rings (SSSR count). The van der Waals surface area contributed by atoms with Crippen molar-refractivity contribution in [2.24, 2.45) is 5.92 Å². The van der Waals surface area contributed by atoms with Crippen molar-refractivity contribution in [1.82, 2.24) is 5.32 Å². The number of anilines is 1. The number of benzene rings is 2. The first-order valence-electron chi connectivity index (χ1n) is 8.93. The Balaban J connectivity index is 1.40. The van der Waals surface area contributed by atoms with Crippen LogP contribution in [0.4, 0.5) is 10.1 Å². The van der Waals surface area contributed by atoms with Crippen LogP contribution in [0.15, 0.2) is 36.4 Å². The number of carbonyl (C=O) groups excluding carboxylic acids is 2. The van der Waals surface area contributed by atoms with Crippen molar-refractivity contribution in [2.45, 2.75) is 13.0 Å². The highest BCUT2D eigenvalue weighted by Crippen LogP contribution is 2.36. The molecule has 0 aliphatic carbocycles. The number of hydrogen-bond acceptors (Lipinski definition) is 4. The van der Waals surface area contributed by atoms with E-state index < -0.39 is 11.7 Å². The van der Waals surface area contributed by atoms with Gasteiger partial charge in [-0.3, -0.25) is 9.59 Å². The van der Waals surface area contributed by atoms with Gasteiger partial charge < -0.3 is 19.7 Å². The fourth-order valence-electron chi connectivity index (χ4n) is 3.32. The molecule has 0 radical (unpaired) electrons. The Morgan fingerprint density at radius 3 is 2.75 bits per heavy atom. The van der Waals surface area contributed by atoms with Crippen molar-refractivity contribution in [3.8, 4) is 11.5 Å². The Morgan fingerprint density at radius 1 is 1.18 bits per heavy atom. The molecule has 0 saturated carbocycles. The number of nitrogens with zero attached hydrogens (tertiary/aromatic N) is 1. The molecule has 1 fully saturated rings. The maximum absolute atomic E-state index is 13.2. The molecule has 28 heavy (non-hydrogen) atoms. The zero-order chi connectivity index (χ0) is 19.7. The summed E-state index contributed by atoms with van der Waals surface area (Å²) in [5.41, 5.74) is 1.36. The Labute approximate surface area is 166 Å². The summed E-state index contributed by atoms with van der Waals surface area (Å²) in [7, 11) is 0. The van der Waals surface area contributed by atoms with Crippen LogP contribution in [0.5, 0.6) is 11.5 Å². The minimum atomic E-state index is -0.506. The first-order chi connectivity index (χ1) is 13.5. The molecule has 0 aromatic heterocycles. The van der Waals surface area contributed by atoms with Crippen molar-refractivity contribution >= 4 is 29.1 Å². The van der Waals surface area contributed by atoms with Crippen LogP contribution in [0.3, 0.4) is 0 Å². The largest absolute Gasteiger partial charge is 0.486 e. The van der Waals surface area contributed by atoms with E-state index in [1.54, 1.807) is 29.2 Å². The molecule has 2 aromatic rings. The maximum Gasteiger partial charge on any atom is 0.227 e. The molecular formula is C20H18ClFN2O4. The van der Waals surface area contributed by atoms with Crippen LogP contribution < -0.4 is 19.7 Å². The van der Waals surface area contributed by atoms with Gasteiger partial charge in [-0.05, 0) is 29.8 Å². The number of rotatable bonds is 4. The fraction of sp³-hybridized carbons (Fsp3) is 0.300. The van der Waals surface area contributed by atoms with Crippen molar-refractivity contribution < 1.29 is 23.5 Å². The Hall–Kier alpha value is -2.80. The Kier molecular flexibility index (Phi) is 5.09. The molecule has 2 aromatic carbocycles. The van der Waals surface area contributed by atoms with Gasteiger partial charge in [0.05, 0.1) is 10.9 Å². The summed E-state index contributed by atoms with van der Waals surface area (Å²) < 4.78 is 24.3. The van der Waals surface area contributed by atoms with Gasteiger partial charge in [-0.1, -0.05) is 17.7 Å². The molecule has 2 heterocycles. The Bertz CT molecular complexity index is 936. The molecule has 1 N–H and O–H groups in total. The van der Waals surface area contributed by atoms with E-state index in [-0.39, 0.29) is 36.3 Å². The van der Waals surface area contributed by atoms with Gasteiger partial charge in [0.25, 0.3) is 0 Å². The van der Waals surface area contributed by atoms with Gasteiger partial charge in [-0.15, -0.1) is 0 Å². The zero-order valence-electron chi connectivity index (χ0n) is 14.9. The van der Waals surface area contributed by atoms with Crippen LogP contribution in [-0.4, -0.2) is 31.6 Å². The predicted octanol–water partition coefficient (Wildman–Crippen LogP) is 2.92. The summed E-state index contributed by atoms with van der Waals surface area (Å²) in [6.45, 7) is 1.46. The van der Waals surface area contributed by atoms with Gasteiger partial charge in [0.1, 0.15) is 19.0 Å². The maximum atomic E-state index is 13.2. The summed E-state index contributed by atoms with van der Waals surface area (Å²) in [6, 6.07) is 9.59. The molecule has 0 bridgehead atoms. The highest BCUT2D eigenvalue weighted by molar-refractivity contribution is 6.30. The van der Waals surface area contributed by atoms with Gasteiger partial charge in [-0.2, -0.15) is 0 Å². The third-order valence-electron chi connectivity index (χ3n) is 4.78. The quantitative estimate of drug-likeness (QED) is 0.850. The van der Waals surface area contributed by atoms with Gasteiger partial charge in [0.15, 0.2) is 11.5 Å². The molecule has 2 aliphatic heterocycles. The lowest BCUT2D eigenvalue weighted by Crippen LogP contribution is -2.32. The topological polar surface area (TPSA) is 67.9 Å². The average molecular weight is 405 g/mol. The van der Waals surface area contributed by atoms with Crippen LogP contribution in [0.25, 0.3) is 0 Å². The molecular weight excluding hydrogens is 387 g/mol. The van der Waals surface area contributed by atoms with E-state index in [4.69, 9.17) is 21.1 Å². The highest BCUT2D eigenvalue weighted by atomic mass is 35.5. The summed E-state index contributed by atoms with van der Waals surface area (Å²) in [6.07, 6.45) is 0.129. The van der Waals surface area contributed by atoms with E-state index >= 15 is 0 Å². The van der Waals surface area contributed by atoms with E-state index in [1.165, 1.54) is 12.1 Å². The van der Waals surface area contributed by atoms with E-state index in [1.807, 2.05) is 0 Å². The van der Waals surface area contributed by atoms with Crippen LogP contribution in [0.1, 0.15) is 12.0 Å². The van der Waals surface area contributed by atoms with Crippen molar-refractivity contribution in [2.75, 3.05) is 24.7 Å². The van der Waals surface area contributed by atoms with Crippen LogP contribution >= 0.6 is 11.6 Å². The third kappa shape index (κ3) is 3.75. The molecule has 8 heteroatoms. The number of nitrogens with one attached hydrogen (secondary N) is 1. The third-order valence-corrected chi connectivity index (χ3v) is 5.07. The molecule has 6 nitrogen and oxygen atoms in total. The number of carbonyl (C=O) groups is 2. The van der Waals surface area contributed by atoms with Crippen molar-refractivity contribution in [3.05, 3.63) is 52.8 Å². The molecule has 1 saturated heterocycles. The van der Waals surface area contributed by atoms with E-state index in [9.17, 15) is 14.0 Å². The molecule has 2 aliphatic rings. The number of fused-ring (bicyclic) bond motifs is 1. The second-order valence-electron chi connectivity index (χ2n) is 6.70. The second kappa shape index (κ2) is 7.67. The lowest BCUT2D eigenvalue weighted by atomic mass is 10.1. The van der Waals surface area contributed by atoms with Gasteiger partial charge in [0, 0.05) is 31.3 Å². The molecule has 2 amide bonds. The number of halogens is 2. The number of amides is 2. The van der Waals surface area contributed by atoms with Crippen molar-refractivity contribution in [1.29, 1.82) is 0 Å². The molecule has 146 valence electrons. The minimum absolute atomic E-state index is 0.00702. The standard InChI is InChI=1S/C20H18ClFN2O4/c21-15-7-12(1-3-16(15)22)10-23-20(26)13-8-19(25)24(11-13)14-2-4-17-18(9-14)28-6-5-27-17/h1-4,7,9,13H,5-6,8,10-11H2,(H,23,26). The number of ether oxygens (including phenoxy) is 2. The summed E-state index contributed by atoms with van der Waals surface area (Å²) in [5.74, 6) is -0.0770. The second-order valence-corrected chi connectivity index (χ2v) is 7.11. The van der Waals surface area contributed by atoms with E-state index in [2.05, 4.69) is 5.32 Å². The molecule has 1 atom stereocenters. The van der Waals surface area contributed by atoms with Gasteiger partial charge in [-0.25, -0.2) is 4.39 Å². The average Bonchev–Trinajstić information content (AvgIpc) is 3.10. The van der Waals surface area contributed by atoms with E-state index in [0.717, 1.165) is 0 Å². The van der Waals surface area contributed by atoms with Crippen LogP contribution in [-0.2, 0) is 16.1 Å². The SMILES string of the molecule is O=C(NCc1ccc(F)c(Cl)c1)C1CC(=O)N(c2ccc3c(c2)OCCO3)C1.